The minimum Gasteiger partial charge on any atom is -0.508 e. The molecule has 0 aromatic heterocycles. The Labute approximate surface area is 157 Å². The van der Waals surface area contributed by atoms with Crippen molar-refractivity contribution in [1.82, 2.24) is 0 Å². The second kappa shape index (κ2) is 15.3. The number of rotatable bonds is 0. The molecule has 3 rings (SSSR count). The van der Waals surface area contributed by atoms with Gasteiger partial charge in [0.25, 0.3) is 6.26 Å². The molecule has 0 unspecified atom stereocenters. The van der Waals surface area contributed by atoms with Crippen LogP contribution in [0.5, 0.6) is 5.75 Å². The average Bonchev–Trinajstić information content (AvgIpc) is 2.67. The first-order valence-corrected chi connectivity index (χ1v) is 8.21. The first-order chi connectivity index (χ1) is 12.5. The van der Waals surface area contributed by atoms with Crippen LogP contribution >= 0.6 is 0 Å². The first kappa shape index (κ1) is 22.8. The summed E-state index contributed by atoms with van der Waals surface area (Å²) in [7, 11) is 1.32. The van der Waals surface area contributed by atoms with Gasteiger partial charge in [-0.05, 0) is 32.4 Å². The molecule has 3 aromatic carbocycles. The number of phenolic OH excluding ortho intramolecular Hbond substituents is 1. The van der Waals surface area contributed by atoms with Crippen LogP contribution in [0.2, 0.25) is 0 Å². The number of nitriles is 1. The minimum absolute atomic E-state index is 0.368. The fourth-order valence-electron chi connectivity index (χ4n) is 1.76. The Kier molecular flexibility index (Phi) is 13.4. The summed E-state index contributed by atoms with van der Waals surface area (Å²) >= 11 is 0. The lowest BCUT2D eigenvalue weighted by molar-refractivity contribution is 0.362. The highest BCUT2D eigenvalue weighted by Crippen LogP contribution is 2.12. The largest absolute Gasteiger partial charge is 0.508 e. The van der Waals surface area contributed by atoms with Crippen LogP contribution in [0.1, 0.15) is 16.7 Å². The van der Waals surface area contributed by atoms with Crippen LogP contribution < -0.4 is 0 Å². The van der Waals surface area contributed by atoms with E-state index in [1.54, 1.807) is 6.07 Å². The monoisotopic (exact) mass is 349 g/mol. The summed E-state index contributed by atoms with van der Waals surface area (Å²) in [6, 6.07) is 27.7. The van der Waals surface area contributed by atoms with E-state index >= 15 is 0 Å². The van der Waals surface area contributed by atoms with E-state index in [2.05, 4.69) is 42.8 Å². The molecule has 0 aliphatic rings. The molecule has 0 aliphatic heterocycles. The van der Waals surface area contributed by atoms with Crippen LogP contribution in [0.25, 0.3) is 0 Å². The number of benzene rings is 3. The molecule has 0 saturated carbocycles. The number of hydrogen-bond acceptors (Lipinski definition) is 3. The van der Waals surface area contributed by atoms with Crippen molar-refractivity contribution in [2.75, 3.05) is 7.11 Å². The van der Waals surface area contributed by atoms with E-state index < -0.39 is 0 Å². The lowest BCUT2D eigenvalue weighted by Crippen LogP contribution is -1.71. The van der Waals surface area contributed by atoms with Crippen molar-refractivity contribution in [3.05, 3.63) is 102 Å². The number of para-hydroxylation sites is 1. The smallest absolute Gasteiger partial charge is 0.286 e. The van der Waals surface area contributed by atoms with Crippen LogP contribution in [-0.4, -0.2) is 12.2 Å². The van der Waals surface area contributed by atoms with Gasteiger partial charge in [-0.2, -0.15) is 5.26 Å². The molecule has 0 aliphatic carbocycles. The van der Waals surface area contributed by atoms with Crippen LogP contribution in [0.15, 0.2) is 84.9 Å². The Balaban J connectivity index is 0.000000331. The highest BCUT2D eigenvalue weighted by molar-refractivity contribution is 5.29. The maximum absolute atomic E-state index is 8.92. The minimum atomic E-state index is 0.368. The lowest BCUT2D eigenvalue weighted by atomic mass is 10.2. The zero-order valence-electron chi connectivity index (χ0n) is 15.9. The molecule has 1 N–H and O–H groups in total. The van der Waals surface area contributed by atoms with Gasteiger partial charge < -0.3 is 9.84 Å². The average molecular weight is 349 g/mol. The molecule has 0 bridgehead atoms. The molecule has 0 spiro atoms. The van der Waals surface area contributed by atoms with Gasteiger partial charge in [-0.1, -0.05) is 90.0 Å². The Morgan fingerprint density at radius 3 is 1.38 bits per heavy atom. The normalized spacial score (nSPS) is 8.12. The van der Waals surface area contributed by atoms with Gasteiger partial charge in [0.15, 0.2) is 0 Å². The van der Waals surface area contributed by atoms with Crippen molar-refractivity contribution in [2.24, 2.45) is 0 Å². The van der Waals surface area contributed by atoms with Gasteiger partial charge in [-0.3, -0.25) is 0 Å². The molecule has 0 heterocycles. The Morgan fingerprint density at radius 1 is 0.731 bits per heavy atom. The van der Waals surface area contributed by atoms with Crippen molar-refractivity contribution < 1.29 is 9.84 Å². The summed E-state index contributed by atoms with van der Waals surface area (Å²) in [4.78, 5) is 0. The fraction of sp³-hybridized carbons (Fsp3) is 0.174. The molecule has 0 atom stereocenters. The third kappa shape index (κ3) is 13.2. The van der Waals surface area contributed by atoms with E-state index in [1.807, 2.05) is 61.5 Å². The number of aryl methyl sites for hydroxylation is 3. The van der Waals surface area contributed by atoms with E-state index in [-0.39, 0.29) is 0 Å². The molecule has 26 heavy (non-hydrogen) atoms. The molecule has 0 saturated heterocycles. The third-order valence-corrected chi connectivity index (χ3v) is 3.05. The Hall–Kier alpha value is -3.25. The van der Waals surface area contributed by atoms with Crippen molar-refractivity contribution in [3.63, 3.8) is 0 Å². The predicted molar refractivity (Wildman–Crippen MR) is 108 cm³/mol. The zero-order valence-corrected chi connectivity index (χ0v) is 15.9. The highest BCUT2D eigenvalue weighted by atomic mass is 16.5. The second-order valence-corrected chi connectivity index (χ2v) is 5.39. The van der Waals surface area contributed by atoms with E-state index in [1.165, 1.54) is 24.5 Å². The van der Waals surface area contributed by atoms with Gasteiger partial charge in [0, 0.05) is 0 Å². The Bertz CT molecular complexity index is 684. The molecule has 3 heteroatoms. The molecule has 0 amide bonds. The lowest BCUT2D eigenvalue weighted by Gasteiger charge is -1.92. The maximum atomic E-state index is 8.92. The van der Waals surface area contributed by atoms with Crippen LogP contribution in [0.3, 0.4) is 0 Å². The highest BCUT2D eigenvalue weighted by Gasteiger charge is 1.87. The number of hydrogen-bond donors (Lipinski definition) is 1. The number of phenols is 1. The molecule has 0 fully saturated rings. The van der Waals surface area contributed by atoms with E-state index in [4.69, 9.17) is 10.4 Å². The summed E-state index contributed by atoms with van der Waals surface area (Å²) in [5.74, 6) is 0.368. The molecule has 3 aromatic rings. The van der Waals surface area contributed by atoms with Gasteiger partial charge in [0.05, 0.1) is 7.11 Å². The number of ether oxygens (including phenoxy) is 1. The number of methoxy groups -OCH3 is 1. The predicted octanol–water partition coefficient (Wildman–Crippen LogP) is 5.80. The number of nitrogens with zero attached hydrogens (tertiary/aromatic N) is 1. The molecule has 3 nitrogen and oxygen atoms in total. The second-order valence-electron chi connectivity index (χ2n) is 5.39. The standard InChI is InChI=1S/C8H10.C7H8O.C6H6.C2H3NO/c1-7-4-3-5-8(2)6-7;1-6-4-2-3-5-7(6)8;1-2-4-6-5-3-1;1-4-2-3/h3-6H,1-2H3;2-5,8H,1H3;1-6H;1H3. The van der Waals surface area contributed by atoms with E-state index in [0.717, 1.165) is 5.56 Å². The summed E-state index contributed by atoms with van der Waals surface area (Å²) in [5, 5.41) is 16.3. The first-order valence-electron chi connectivity index (χ1n) is 8.21. The van der Waals surface area contributed by atoms with Crippen molar-refractivity contribution in [1.29, 1.82) is 5.26 Å². The topological polar surface area (TPSA) is 53.2 Å². The van der Waals surface area contributed by atoms with Crippen molar-refractivity contribution in [3.8, 4) is 12.0 Å². The fourth-order valence-corrected chi connectivity index (χ4v) is 1.76. The van der Waals surface area contributed by atoms with Crippen LogP contribution in [-0.2, 0) is 4.74 Å². The molecular formula is C23H27NO2. The molecule has 136 valence electrons. The van der Waals surface area contributed by atoms with Gasteiger partial charge in [0.1, 0.15) is 5.75 Å². The summed E-state index contributed by atoms with van der Waals surface area (Å²) < 4.78 is 3.85. The quantitative estimate of drug-likeness (QED) is 0.521. The summed E-state index contributed by atoms with van der Waals surface area (Å²) in [6.07, 6.45) is 1.43. The molecular weight excluding hydrogens is 322 g/mol. The van der Waals surface area contributed by atoms with Gasteiger partial charge in [0.2, 0.25) is 0 Å². The van der Waals surface area contributed by atoms with Crippen molar-refractivity contribution in [2.45, 2.75) is 20.8 Å². The molecule has 0 radical (unpaired) electrons. The zero-order chi connectivity index (χ0) is 19.6. The SMILES string of the molecule is COC#N.Cc1cccc(C)c1.Cc1ccccc1O.c1ccccc1. The maximum Gasteiger partial charge on any atom is 0.286 e. The van der Waals surface area contributed by atoms with Crippen LogP contribution in [0.4, 0.5) is 0 Å². The van der Waals surface area contributed by atoms with E-state index in [0.29, 0.717) is 5.75 Å². The van der Waals surface area contributed by atoms with Crippen molar-refractivity contribution >= 4 is 0 Å². The van der Waals surface area contributed by atoms with Gasteiger partial charge >= 0.3 is 0 Å². The third-order valence-electron chi connectivity index (χ3n) is 3.05. The van der Waals surface area contributed by atoms with Crippen LogP contribution in [0, 0.1) is 32.3 Å². The Morgan fingerprint density at radius 2 is 1.15 bits per heavy atom. The van der Waals surface area contributed by atoms with E-state index in [9.17, 15) is 0 Å². The number of aromatic hydroxyl groups is 1. The van der Waals surface area contributed by atoms with Gasteiger partial charge in [-0.15, -0.1) is 0 Å². The summed E-state index contributed by atoms with van der Waals surface area (Å²) in [6.45, 7) is 6.08. The van der Waals surface area contributed by atoms with Gasteiger partial charge in [-0.25, -0.2) is 0 Å². The summed E-state index contributed by atoms with van der Waals surface area (Å²) in [5.41, 5.74) is 3.60.